The Bertz CT molecular complexity index is 375. The molecule has 1 rings (SSSR count). The number of aliphatic imine (C=N–C) groups is 1. The number of pyridine rings is 1. The molecule has 0 bridgehead atoms. The fourth-order valence-electron chi connectivity index (χ4n) is 0.850. The lowest BCUT2D eigenvalue weighted by atomic mass is 10.3. The van der Waals surface area contributed by atoms with E-state index in [9.17, 15) is 9.59 Å². The molecule has 0 radical (unpaired) electrons. The Hall–Kier alpha value is -1.67. The summed E-state index contributed by atoms with van der Waals surface area (Å²) in [5.74, 6) is 0. The Morgan fingerprint density at radius 1 is 1.58 bits per heavy atom. The zero-order chi connectivity index (χ0) is 8.97. The van der Waals surface area contributed by atoms with E-state index in [1.54, 1.807) is 6.07 Å². The minimum atomic E-state index is -0.349. The third-order valence-electron chi connectivity index (χ3n) is 1.50. The van der Waals surface area contributed by atoms with Crippen LogP contribution in [-0.2, 0) is 11.2 Å². The van der Waals surface area contributed by atoms with Gasteiger partial charge in [0.25, 0.3) is 5.56 Å². The zero-order valence-corrected chi connectivity index (χ0v) is 6.63. The highest BCUT2D eigenvalue weighted by atomic mass is 16.1. The van der Waals surface area contributed by atoms with Gasteiger partial charge in [0.15, 0.2) is 0 Å². The molecule has 1 heterocycles. The number of carbonyl (C=O) groups excluding carboxylic acids is 1. The first-order valence-electron chi connectivity index (χ1n) is 3.58. The van der Waals surface area contributed by atoms with Crippen LogP contribution in [0.4, 0.5) is 5.69 Å². The molecule has 0 aliphatic rings. The van der Waals surface area contributed by atoms with E-state index in [1.165, 1.54) is 12.1 Å². The summed E-state index contributed by atoms with van der Waals surface area (Å²) in [6, 6.07) is 3.22. The SMILES string of the molecule is CCc1ccc(N=C=O)c(=O)[nH]1. The highest BCUT2D eigenvalue weighted by Crippen LogP contribution is 2.02. The van der Waals surface area contributed by atoms with Crippen LogP contribution in [0, 0.1) is 0 Å². The van der Waals surface area contributed by atoms with Crippen molar-refractivity contribution < 1.29 is 4.79 Å². The minimum absolute atomic E-state index is 0.0993. The molecule has 0 aliphatic carbocycles. The molecular formula is C8H8N2O2. The fourth-order valence-corrected chi connectivity index (χ4v) is 0.850. The monoisotopic (exact) mass is 164 g/mol. The van der Waals surface area contributed by atoms with Crippen molar-refractivity contribution in [3.8, 4) is 0 Å². The molecule has 4 heteroatoms. The summed E-state index contributed by atoms with van der Waals surface area (Å²) in [6.07, 6.45) is 2.07. The highest BCUT2D eigenvalue weighted by molar-refractivity contribution is 5.47. The zero-order valence-electron chi connectivity index (χ0n) is 6.63. The van der Waals surface area contributed by atoms with Crippen molar-refractivity contribution in [3.05, 3.63) is 28.2 Å². The normalized spacial score (nSPS) is 9.08. The van der Waals surface area contributed by atoms with Crippen molar-refractivity contribution in [1.82, 2.24) is 4.98 Å². The summed E-state index contributed by atoms with van der Waals surface area (Å²) in [6.45, 7) is 1.92. The first-order valence-corrected chi connectivity index (χ1v) is 3.58. The molecule has 1 N–H and O–H groups in total. The minimum Gasteiger partial charge on any atom is -0.324 e. The largest absolute Gasteiger partial charge is 0.324 e. The smallest absolute Gasteiger partial charge is 0.274 e. The lowest BCUT2D eigenvalue weighted by Gasteiger charge is -1.94. The van der Waals surface area contributed by atoms with Crippen LogP contribution in [0.3, 0.4) is 0 Å². The van der Waals surface area contributed by atoms with Crippen molar-refractivity contribution in [2.24, 2.45) is 4.99 Å². The Morgan fingerprint density at radius 3 is 2.83 bits per heavy atom. The van der Waals surface area contributed by atoms with Gasteiger partial charge in [0.2, 0.25) is 6.08 Å². The van der Waals surface area contributed by atoms with Crippen LogP contribution in [0.1, 0.15) is 12.6 Å². The van der Waals surface area contributed by atoms with E-state index in [1.807, 2.05) is 6.92 Å². The van der Waals surface area contributed by atoms with Gasteiger partial charge in [-0.1, -0.05) is 6.92 Å². The van der Waals surface area contributed by atoms with Gasteiger partial charge in [0.1, 0.15) is 5.69 Å². The molecule has 4 nitrogen and oxygen atoms in total. The highest BCUT2D eigenvalue weighted by Gasteiger charge is 1.96. The molecule has 0 atom stereocenters. The summed E-state index contributed by atoms with van der Waals surface area (Å²) < 4.78 is 0. The van der Waals surface area contributed by atoms with Gasteiger partial charge in [0, 0.05) is 5.69 Å². The van der Waals surface area contributed by atoms with E-state index in [4.69, 9.17) is 0 Å². The molecule has 0 saturated carbocycles. The maximum absolute atomic E-state index is 11.1. The molecule has 62 valence electrons. The molecular weight excluding hydrogens is 156 g/mol. The van der Waals surface area contributed by atoms with Crippen LogP contribution in [0.25, 0.3) is 0 Å². The maximum atomic E-state index is 11.1. The number of aryl methyl sites for hydroxylation is 1. The summed E-state index contributed by atoms with van der Waals surface area (Å²) in [5, 5.41) is 0. The first kappa shape index (κ1) is 8.43. The van der Waals surface area contributed by atoms with E-state index in [-0.39, 0.29) is 11.2 Å². The predicted octanol–water partition coefficient (Wildman–Crippen LogP) is 0.905. The van der Waals surface area contributed by atoms with Crippen molar-refractivity contribution in [2.75, 3.05) is 0 Å². The van der Waals surface area contributed by atoms with Crippen LogP contribution in [-0.4, -0.2) is 11.1 Å². The van der Waals surface area contributed by atoms with Crippen molar-refractivity contribution in [1.29, 1.82) is 0 Å². The number of H-pyrrole nitrogens is 1. The molecule has 1 aromatic heterocycles. The average Bonchev–Trinajstić information content (AvgIpc) is 2.09. The van der Waals surface area contributed by atoms with Gasteiger partial charge in [0.05, 0.1) is 0 Å². The van der Waals surface area contributed by atoms with Gasteiger partial charge in [-0.25, -0.2) is 4.79 Å². The third kappa shape index (κ3) is 1.68. The Labute approximate surface area is 69.0 Å². The predicted molar refractivity (Wildman–Crippen MR) is 44.2 cm³/mol. The summed E-state index contributed by atoms with van der Waals surface area (Å²) in [5.41, 5.74) is 0.574. The van der Waals surface area contributed by atoms with E-state index in [0.29, 0.717) is 0 Å². The van der Waals surface area contributed by atoms with Crippen molar-refractivity contribution in [2.45, 2.75) is 13.3 Å². The van der Waals surface area contributed by atoms with Crippen LogP contribution in [0.5, 0.6) is 0 Å². The molecule has 0 amide bonds. The topological polar surface area (TPSA) is 62.3 Å². The van der Waals surface area contributed by atoms with E-state index >= 15 is 0 Å². The van der Waals surface area contributed by atoms with Gasteiger partial charge in [-0.15, -0.1) is 0 Å². The number of hydrogen-bond acceptors (Lipinski definition) is 3. The molecule has 0 saturated heterocycles. The van der Waals surface area contributed by atoms with Crippen LogP contribution in [0.2, 0.25) is 0 Å². The number of nitrogens with zero attached hydrogens (tertiary/aromatic N) is 1. The molecule has 0 aromatic carbocycles. The van der Waals surface area contributed by atoms with Gasteiger partial charge in [-0.2, -0.15) is 4.99 Å². The van der Waals surface area contributed by atoms with Gasteiger partial charge in [-0.05, 0) is 18.6 Å². The summed E-state index contributed by atoms with van der Waals surface area (Å²) in [7, 11) is 0. The first-order chi connectivity index (χ1) is 5.77. The number of isocyanates is 1. The average molecular weight is 164 g/mol. The fraction of sp³-hybridized carbons (Fsp3) is 0.250. The van der Waals surface area contributed by atoms with Crippen molar-refractivity contribution in [3.63, 3.8) is 0 Å². The van der Waals surface area contributed by atoms with E-state index < -0.39 is 0 Å². The summed E-state index contributed by atoms with van der Waals surface area (Å²) >= 11 is 0. The van der Waals surface area contributed by atoms with Gasteiger partial charge >= 0.3 is 0 Å². The van der Waals surface area contributed by atoms with E-state index in [2.05, 4.69) is 9.98 Å². The third-order valence-corrected chi connectivity index (χ3v) is 1.50. The number of aromatic amines is 1. The molecule has 0 spiro atoms. The second-order valence-corrected chi connectivity index (χ2v) is 2.25. The lowest BCUT2D eigenvalue weighted by Crippen LogP contribution is -2.06. The van der Waals surface area contributed by atoms with Crippen LogP contribution < -0.4 is 5.56 Å². The quantitative estimate of drug-likeness (QED) is 0.521. The Morgan fingerprint density at radius 2 is 2.33 bits per heavy atom. The molecule has 0 fully saturated rings. The number of hydrogen-bond donors (Lipinski definition) is 1. The van der Waals surface area contributed by atoms with Crippen molar-refractivity contribution >= 4 is 11.8 Å². The molecule has 1 aromatic rings. The van der Waals surface area contributed by atoms with Crippen LogP contribution >= 0.6 is 0 Å². The van der Waals surface area contributed by atoms with E-state index in [0.717, 1.165) is 12.1 Å². The molecule has 0 unspecified atom stereocenters. The Kier molecular flexibility index (Phi) is 2.56. The van der Waals surface area contributed by atoms with Gasteiger partial charge in [-0.3, -0.25) is 4.79 Å². The summed E-state index contributed by atoms with van der Waals surface area (Å²) in [4.78, 5) is 26.7. The second-order valence-electron chi connectivity index (χ2n) is 2.25. The Balaban J connectivity index is 3.21. The van der Waals surface area contributed by atoms with Crippen LogP contribution in [0.15, 0.2) is 21.9 Å². The maximum Gasteiger partial charge on any atom is 0.274 e. The van der Waals surface area contributed by atoms with Gasteiger partial charge < -0.3 is 4.98 Å². The number of rotatable bonds is 2. The number of aromatic nitrogens is 1. The number of nitrogens with one attached hydrogen (secondary N) is 1. The molecule has 0 aliphatic heterocycles. The molecule has 12 heavy (non-hydrogen) atoms. The standard InChI is InChI=1S/C8H8N2O2/c1-2-6-3-4-7(9-5-11)8(12)10-6/h3-4H,2H2,1H3,(H,10,12). The lowest BCUT2D eigenvalue weighted by molar-refractivity contribution is 0.565. The second kappa shape index (κ2) is 3.64.